The Morgan fingerprint density at radius 1 is 1.07 bits per heavy atom. The third-order valence-corrected chi connectivity index (χ3v) is 6.10. The van der Waals surface area contributed by atoms with Crippen LogP contribution < -0.4 is 15.4 Å². The minimum atomic E-state index is -0.213. The number of benzene rings is 2. The molecule has 0 radical (unpaired) electrons. The Kier molecular flexibility index (Phi) is 7.29. The van der Waals surface area contributed by atoms with E-state index in [4.69, 9.17) is 4.74 Å². The van der Waals surface area contributed by atoms with Crippen LogP contribution in [0.2, 0.25) is 0 Å². The maximum absolute atomic E-state index is 12.6. The van der Waals surface area contributed by atoms with Gasteiger partial charge in [-0.3, -0.25) is 14.9 Å². The molecule has 0 unspecified atom stereocenters. The quantitative estimate of drug-likeness (QED) is 0.543. The first-order valence-electron chi connectivity index (χ1n) is 9.80. The van der Waals surface area contributed by atoms with E-state index in [-0.39, 0.29) is 30.1 Å². The second-order valence-electron chi connectivity index (χ2n) is 7.19. The minimum absolute atomic E-state index is 0. The standard InChI is InChI=1S/C22H23N3O3S.ClH/c1-28-17-12-16(23-20(26)14-8-4-2-5-9-14)13-18-19(17)24-22(29-18)25-21(27)15-10-6-3-7-11-15;/h3,6-7,10-14H,2,4-5,8-9H2,1H3,(H,23,26)(H,24,25,27);1H. The highest BCUT2D eigenvalue weighted by Gasteiger charge is 2.22. The number of aromatic nitrogens is 1. The maximum atomic E-state index is 12.6. The number of rotatable bonds is 5. The molecule has 1 aliphatic rings. The number of thiazole rings is 1. The van der Waals surface area contributed by atoms with Crippen molar-refractivity contribution in [1.29, 1.82) is 0 Å². The lowest BCUT2D eigenvalue weighted by molar-refractivity contribution is -0.120. The highest BCUT2D eigenvalue weighted by molar-refractivity contribution is 7.22. The van der Waals surface area contributed by atoms with E-state index in [9.17, 15) is 9.59 Å². The summed E-state index contributed by atoms with van der Waals surface area (Å²) in [4.78, 5) is 29.5. The minimum Gasteiger partial charge on any atom is -0.494 e. The van der Waals surface area contributed by atoms with Crippen molar-refractivity contribution in [3.05, 3.63) is 48.0 Å². The van der Waals surface area contributed by atoms with Crippen molar-refractivity contribution >= 4 is 56.6 Å². The van der Waals surface area contributed by atoms with Crippen LogP contribution in [0.5, 0.6) is 5.75 Å². The molecular weight excluding hydrogens is 422 g/mol. The summed E-state index contributed by atoms with van der Waals surface area (Å²) in [5, 5.41) is 6.35. The van der Waals surface area contributed by atoms with E-state index in [0.29, 0.717) is 27.6 Å². The molecule has 2 N–H and O–H groups in total. The summed E-state index contributed by atoms with van der Waals surface area (Å²) in [6.45, 7) is 0. The molecule has 0 bridgehead atoms. The van der Waals surface area contributed by atoms with Crippen molar-refractivity contribution in [2.75, 3.05) is 17.7 Å². The third kappa shape index (κ3) is 4.91. The summed E-state index contributed by atoms with van der Waals surface area (Å²) in [7, 11) is 1.57. The summed E-state index contributed by atoms with van der Waals surface area (Å²) >= 11 is 1.35. The Bertz CT molecular complexity index is 1030. The van der Waals surface area contributed by atoms with E-state index in [2.05, 4.69) is 15.6 Å². The second kappa shape index (κ2) is 9.91. The SMILES string of the molecule is COc1cc(NC(=O)C2CCCCC2)cc2sc(NC(=O)c3ccccc3)nc12.Cl. The van der Waals surface area contributed by atoms with Gasteiger partial charge in [-0.2, -0.15) is 0 Å². The Morgan fingerprint density at radius 3 is 2.50 bits per heavy atom. The number of halogens is 1. The van der Waals surface area contributed by atoms with Crippen molar-refractivity contribution in [2.24, 2.45) is 5.92 Å². The van der Waals surface area contributed by atoms with Gasteiger partial charge in [0.15, 0.2) is 5.13 Å². The average molecular weight is 446 g/mol. The van der Waals surface area contributed by atoms with Crippen molar-refractivity contribution in [2.45, 2.75) is 32.1 Å². The first-order valence-corrected chi connectivity index (χ1v) is 10.6. The van der Waals surface area contributed by atoms with Crippen LogP contribution >= 0.6 is 23.7 Å². The molecule has 0 saturated heterocycles. The monoisotopic (exact) mass is 445 g/mol. The van der Waals surface area contributed by atoms with E-state index in [1.807, 2.05) is 24.3 Å². The fourth-order valence-electron chi connectivity index (χ4n) is 3.65. The molecule has 2 amide bonds. The molecule has 30 heavy (non-hydrogen) atoms. The van der Waals surface area contributed by atoms with E-state index in [1.54, 1.807) is 25.3 Å². The molecular formula is C22H24ClN3O3S. The molecule has 2 aromatic carbocycles. The van der Waals surface area contributed by atoms with Gasteiger partial charge in [-0.25, -0.2) is 4.98 Å². The Labute approximate surface area is 185 Å². The fraction of sp³-hybridized carbons (Fsp3) is 0.318. The summed E-state index contributed by atoms with van der Waals surface area (Å²) in [6, 6.07) is 12.7. The first-order chi connectivity index (χ1) is 14.1. The number of carbonyl (C=O) groups is 2. The number of methoxy groups -OCH3 is 1. The van der Waals surface area contributed by atoms with Crippen LogP contribution in [0.15, 0.2) is 42.5 Å². The van der Waals surface area contributed by atoms with E-state index >= 15 is 0 Å². The summed E-state index contributed by atoms with van der Waals surface area (Å²) in [5.74, 6) is 0.494. The molecule has 1 saturated carbocycles. The first kappa shape index (κ1) is 22.1. The number of amides is 2. The Hall–Kier alpha value is -2.64. The molecule has 1 aliphatic carbocycles. The topological polar surface area (TPSA) is 80.3 Å². The Morgan fingerprint density at radius 2 is 1.80 bits per heavy atom. The molecule has 1 aromatic heterocycles. The van der Waals surface area contributed by atoms with Crippen molar-refractivity contribution in [1.82, 2.24) is 4.98 Å². The molecule has 0 atom stereocenters. The highest BCUT2D eigenvalue weighted by Crippen LogP contribution is 2.36. The van der Waals surface area contributed by atoms with E-state index < -0.39 is 0 Å². The summed E-state index contributed by atoms with van der Waals surface area (Å²) in [5.41, 5.74) is 1.92. The lowest BCUT2D eigenvalue weighted by atomic mass is 9.88. The number of ether oxygens (including phenoxy) is 1. The highest BCUT2D eigenvalue weighted by atomic mass is 35.5. The van der Waals surface area contributed by atoms with E-state index in [0.717, 1.165) is 30.4 Å². The molecule has 6 nitrogen and oxygen atoms in total. The number of hydrogen-bond donors (Lipinski definition) is 2. The normalized spacial score (nSPS) is 14.0. The van der Waals surface area contributed by atoms with Gasteiger partial charge in [-0.05, 0) is 31.0 Å². The summed E-state index contributed by atoms with van der Waals surface area (Å²) in [6.07, 6.45) is 5.32. The van der Waals surface area contributed by atoms with Crippen molar-refractivity contribution in [3.63, 3.8) is 0 Å². The van der Waals surface area contributed by atoms with Gasteiger partial charge in [-0.15, -0.1) is 12.4 Å². The number of hydrogen-bond acceptors (Lipinski definition) is 5. The fourth-order valence-corrected chi connectivity index (χ4v) is 4.57. The van der Waals surface area contributed by atoms with Gasteiger partial charge in [0, 0.05) is 23.2 Å². The Balaban J connectivity index is 0.00000256. The molecule has 1 fully saturated rings. The van der Waals surface area contributed by atoms with Gasteiger partial charge in [0.1, 0.15) is 11.3 Å². The van der Waals surface area contributed by atoms with Gasteiger partial charge < -0.3 is 10.1 Å². The van der Waals surface area contributed by atoms with Crippen LogP contribution in [0.25, 0.3) is 10.2 Å². The van der Waals surface area contributed by atoms with Crippen LogP contribution in [0, 0.1) is 5.92 Å². The third-order valence-electron chi connectivity index (χ3n) is 5.18. The largest absolute Gasteiger partial charge is 0.494 e. The van der Waals surface area contributed by atoms with Crippen LogP contribution in [-0.4, -0.2) is 23.9 Å². The van der Waals surface area contributed by atoms with Crippen LogP contribution in [0.3, 0.4) is 0 Å². The number of nitrogens with one attached hydrogen (secondary N) is 2. The van der Waals surface area contributed by atoms with Crippen LogP contribution in [-0.2, 0) is 4.79 Å². The lowest BCUT2D eigenvalue weighted by Gasteiger charge is -2.20. The van der Waals surface area contributed by atoms with Gasteiger partial charge in [0.25, 0.3) is 5.91 Å². The van der Waals surface area contributed by atoms with Gasteiger partial charge in [-0.1, -0.05) is 48.8 Å². The predicted octanol–water partition coefficient (Wildman–Crippen LogP) is 5.50. The van der Waals surface area contributed by atoms with Crippen molar-refractivity contribution in [3.8, 4) is 5.75 Å². The maximum Gasteiger partial charge on any atom is 0.257 e. The number of fused-ring (bicyclic) bond motifs is 1. The molecule has 3 aromatic rings. The van der Waals surface area contributed by atoms with E-state index in [1.165, 1.54) is 17.8 Å². The number of anilines is 2. The van der Waals surface area contributed by atoms with Gasteiger partial charge >= 0.3 is 0 Å². The lowest BCUT2D eigenvalue weighted by Crippen LogP contribution is -2.24. The molecule has 0 aliphatic heterocycles. The zero-order valence-electron chi connectivity index (χ0n) is 16.6. The molecule has 4 rings (SSSR count). The molecule has 1 heterocycles. The van der Waals surface area contributed by atoms with Gasteiger partial charge in [0.05, 0.1) is 11.8 Å². The molecule has 8 heteroatoms. The zero-order chi connectivity index (χ0) is 20.2. The smallest absolute Gasteiger partial charge is 0.257 e. The molecule has 158 valence electrons. The zero-order valence-corrected chi connectivity index (χ0v) is 18.3. The second-order valence-corrected chi connectivity index (χ2v) is 8.22. The van der Waals surface area contributed by atoms with Crippen LogP contribution in [0.4, 0.5) is 10.8 Å². The molecule has 0 spiro atoms. The number of carbonyl (C=O) groups excluding carboxylic acids is 2. The predicted molar refractivity (Wildman–Crippen MR) is 123 cm³/mol. The van der Waals surface area contributed by atoms with Gasteiger partial charge in [0.2, 0.25) is 5.91 Å². The average Bonchev–Trinajstić information content (AvgIpc) is 3.16. The van der Waals surface area contributed by atoms with Crippen molar-refractivity contribution < 1.29 is 14.3 Å². The number of nitrogens with zero attached hydrogens (tertiary/aromatic N) is 1. The van der Waals surface area contributed by atoms with Crippen LogP contribution in [0.1, 0.15) is 42.5 Å². The summed E-state index contributed by atoms with van der Waals surface area (Å²) < 4.78 is 6.32.